The molecule has 0 aromatic rings. The maximum Gasteiger partial charge on any atom is 0.234 e. The van der Waals surface area contributed by atoms with E-state index in [4.69, 9.17) is 5.26 Å². The number of carbonyl (C=O) groups excluding carboxylic acids is 1. The molecule has 0 bridgehead atoms. The fourth-order valence-corrected chi connectivity index (χ4v) is 0.690. The third-order valence-corrected chi connectivity index (χ3v) is 1.95. The summed E-state index contributed by atoms with van der Waals surface area (Å²) in [7, 11) is 0. The highest BCUT2D eigenvalue weighted by Crippen LogP contribution is 1.98. The third kappa shape index (κ3) is 6.12. The fraction of sp³-hybridized carbons (Fsp3) is 0.778. The Hall–Kier alpha value is -1.08. The number of hydrogen-bond donors (Lipinski definition) is 2. The third-order valence-electron chi connectivity index (χ3n) is 1.95. The second kappa shape index (κ2) is 6.44. The first-order valence-corrected chi connectivity index (χ1v) is 4.45. The van der Waals surface area contributed by atoms with Gasteiger partial charge in [-0.05, 0) is 12.8 Å². The van der Waals surface area contributed by atoms with E-state index in [0.717, 1.165) is 0 Å². The van der Waals surface area contributed by atoms with Gasteiger partial charge in [0.05, 0.1) is 12.6 Å². The lowest BCUT2D eigenvalue weighted by atomic mass is 10.1. The lowest BCUT2D eigenvalue weighted by Gasteiger charge is -2.16. The zero-order chi connectivity index (χ0) is 10.3. The van der Waals surface area contributed by atoms with Crippen LogP contribution in [0, 0.1) is 17.2 Å². The summed E-state index contributed by atoms with van der Waals surface area (Å²) in [4.78, 5) is 11.0. The van der Waals surface area contributed by atoms with Crippen molar-refractivity contribution >= 4 is 5.91 Å². The van der Waals surface area contributed by atoms with Crippen molar-refractivity contribution in [2.24, 2.45) is 5.92 Å². The van der Waals surface area contributed by atoms with Gasteiger partial charge in [-0.3, -0.25) is 4.79 Å². The minimum absolute atomic E-state index is 0.0799. The molecule has 1 amide bonds. The summed E-state index contributed by atoms with van der Waals surface area (Å²) in [6.45, 7) is 6.57. The molecule has 4 heteroatoms. The molecule has 0 saturated carbocycles. The van der Waals surface area contributed by atoms with Crippen LogP contribution >= 0.6 is 0 Å². The molecule has 0 aliphatic heterocycles. The molecule has 2 N–H and O–H groups in total. The maximum atomic E-state index is 11.0. The van der Waals surface area contributed by atoms with Gasteiger partial charge in [0.25, 0.3) is 0 Å². The average Bonchev–Trinajstić information content (AvgIpc) is 2.10. The normalized spacial score (nSPS) is 12.2. The van der Waals surface area contributed by atoms with Crippen molar-refractivity contribution in [1.82, 2.24) is 10.6 Å². The molecule has 1 unspecified atom stereocenters. The van der Waals surface area contributed by atoms with Crippen LogP contribution in [0.1, 0.15) is 20.8 Å². The Morgan fingerprint density at radius 3 is 2.54 bits per heavy atom. The van der Waals surface area contributed by atoms with Gasteiger partial charge in [0.2, 0.25) is 5.91 Å². The number of nitrogens with one attached hydrogen (secondary N) is 2. The summed E-state index contributed by atoms with van der Waals surface area (Å²) in [6.07, 6.45) is 0. The molecule has 0 aromatic heterocycles. The van der Waals surface area contributed by atoms with Gasteiger partial charge >= 0.3 is 0 Å². The molecule has 0 aliphatic rings. The molecule has 0 radical (unpaired) electrons. The molecule has 4 nitrogen and oxygen atoms in total. The van der Waals surface area contributed by atoms with Gasteiger partial charge in [-0.25, -0.2) is 0 Å². The monoisotopic (exact) mass is 183 g/mol. The molecule has 0 fully saturated rings. The molecule has 0 saturated heterocycles. The first kappa shape index (κ1) is 11.9. The molecular weight excluding hydrogens is 166 g/mol. The second-order valence-electron chi connectivity index (χ2n) is 3.35. The highest BCUT2D eigenvalue weighted by Gasteiger charge is 2.07. The Labute approximate surface area is 79.3 Å². The molecule has 13 heavy (non-hydrogen) atoms. The SMILES string of the molecule is CC(C)C(C)NCC(=O)NCC#N. The van der Waals surface area contributed by atoms with Gasteiger partial charge < -0.3 is 10.6 Å². The topological polar surface area (TPSA) is 64.9 Å². The zero-order valence-corrected chi connectivity index (χ0v) is 8.42. The highest BCUT2D eigenvalue weighted by molar-refractivity contribution is 5.78. The Morgan fingerprint density at radius 1 is 1.46 bits per heavy atom. The van der Waals surface area contributed by atoms with E-state index in [2.05, 4.69) is 24.5 Å². The van der Waals surface area contributed by atoms with Crippen LogP contribution in [0.4, 0.5) is 0 Å². The van der Waals surface area contributed by atoms with E-state index < -0.39 is 0 Å². The van der Waals surface area contributed by atoms with Crippen LogP contribution in [-0.2, 0) is 4.79 Å². The van der Waals surface area contributed by atoms with E-state index in [1.807, 2.05) is 13.0 Å². The van der Waals surface area contributed by atoms with Crippen molar-refractivity contribution in [3.8, 4) is 6.07 Å². The van der Waals surface area contributed by atoms with E-state index >= 15 is 0 Å². The van der Waals surface area contributed by atoms with E-state index in [-0.39, 0.29) is 19.0 Å². The summed E-state index contributed by atoms with van der Waals surface area (Å²) >= 11 is 0. The molecule has 0 aliphatic carbocycles. The summed E-state index contributed by atoms with van der Waals surface area (Å²) in [5.41, 5.74) is 0. The second-order valence-corrected chi connectivity index (χ2v) is 3.35. The predicted molar refractivity (Wildman–Crippen MR) is 50.9 cm³/mol. The van der Waals surface area contributed by atoms with Crippen molar-refractivity contribution in [2.75, 3.05) is 13.1 Å². The molecule has 74 valence electrons. The highest BCUT2D eigenvalue weighted by atomic mass is 16.1. The molecular formula is C9H17N3O. The zero-order valence-electron chi connectivity index (χ0n) is 8.42. The minimum atomic E-state index is -0.131. The van der Waals surface area contributed by atoms with Gasteiger partial charge in [0, 0.05) is 6.04 Å². The fourth-order valence-electron chi connectivity index (χ4n) is 0.690. The molecule has 0 heterocycles. The molecule has 0 aromatic carbocycles. The maximum absolute atomic E-state index is 11.0. The Morgan fingerprint density at radius 2 is 2.08 bits per heavy atom. The Balaban J connectivity index is 3.53. The smallest absolute Gasteiger partial charge is 0.234 e. The number of nitrogens with zero attached hydrogens (tertiary/aromatic N) is 1. The largest absolute Gasteiger partial charge is 0.342 e. The van der Waals surface area contributed by atoms with Gasteiger partial charge in [-0.2, -0.15) is 5.26 Å². The van der Waals surface area contributed by atoms with Crippen molar-refractivity contribution in [2.45, 2.75) is 26.8 Å². The van der Waals surface area contributed by atoms with E-state index in [1.54, 1.807) is 0 Å². The number of nitriles is 1. The Kier molecular flexibility index (Phi) is 5.90. The predicted octanol–water partition coefficient (Wildman–Crippen LogP) is 0.260. The number of rotatable bonds is 5. The van der Waals surface area contributed by atoms with Crippen LogP contribution in [-0.4, -0.2) is 25.0 Å². The van der Waals surface area contributed by atoms with Crippen LogP contribution in [0.3, 0.4) is 0 Å². The van der Waals surface area contributed by atoms with E-state index in [9.17, 15) is 4.79 Å². The first-order chi connectivity index (χ1) is 6.07. The minimum Gasteiger partial charge on any atom is -0.342 e. The van der Waals surface area contributed by atoms with Crippen LogP contribution in [0.5, 0.6) is 0 Å². The van der Waals surface area contributed by atoms with Crippen molar-refractivity contribution < 1.29 is 4.79 Å². The van der Waals surface area contributed by atoms with Crippen LogP contribution in [0.15, 0.2) is 0 Å². The van der Waals surface area contributed by atoms with Gasteiger partial charge in [0.15, 0.2) is 0 Å². The lowest BCUT2D eigenvalue weighted by molar-refractivity contribution is -0.120. The van der Waals surface area contributed by atoms with E-state index in [1.165, 1.54) is 0 Å². The average molecular weight is 183 g/mol. The van der Waals surface area contributed by atoms with Gasteiger partial charge in [-0.15, -0.1) is 0 Å². The first-order valence-electron chi connectivity index (χ1n) is 4.45. The number of amides is 1. The van der Waals surface area contributed by atoms with Gasteiger partial charge in [-0.1, -0.05) is 13.8 Å². The van der Waals surface area contributed by atoms with E-state index in [0.29, 0.717) is 12.0 Å². The summed E-state index contributed by atoms with van der Waals surface area (Å²) in [6, 6.07) is 2.16. The lowest BCUT2D eigenvalue weighted by Crippen LogP contribution is -2.40. The van der Waals surface area contributed by atoms with Gasteiger partial charge in [0.1, 0.15) is 6.54 Å². The summed E-state index contributed by atoms with van der Waals surface area (Å²) < 4.78 is 0. The molecule has 1 atom stereocenters. The standard InChI is InChI=1S/C9H17N3O/c1-7(2)8(3)12-6-9(13)11-5-4-10/h7-8,12H,5-6H2,1-3H3,(H,11,13). The van der Waals surface area contributed by atoms with Crippen molar-refractivity contribution in [3.63, 3.8) is 0 Å². The number of hydrogen-bond acceptors (Lipinski definition) is 3. The molecule has 0 rings (SSSR count). The van der Waals surface area contributed by atoms with Crippen LogP contribution in [0.25, 0.3) is 0 Å². The van der Waals surface area contributed by atoms with Crippen molar-refractivity contribution in [3.05, 3.63) is 0 Å². The van der Waals surface area contributed by atoms with Crippen LogP contribution < -0.4 is 10.6 Å². The summed E-state index contributed by atoms with van der Waals surface area (Å²) in [5, 5.41) is 13.7. The molecule has 0 spiro atoms. The van der Waals surface area contributed by atoms with Crippen molar-refractivity contribution in [1.29, 1.82) is 5.26 Å². The summed E-state index contributed by atoms with van der Waals surface area (Å²) in [5.74, 6) is 0.373. The quantitative estimate of drug-likeness (QED) is 0.601. The Bertz CT molecular complexity index is 196. The number of carbonyl (C=O) groups is 1. The van der Waals surface area contributed by atoms with Crippen LogP contribution in [0.2, 0.25) is 0 Å².